The number of ether oxygens (including phenoxy) is 2. The zero-order valence-electron chi connectivity index (χ0n) is 17.7. The molecule has 2 aromatic carbocycles. The Morgan fingerprint density at radius 1 is 1.25 bits per heavy atom. The predicted molar refractivity (Wildman–Crippen MR) is 126 cm³/mol. The number of nitriles is 1. The number of nitrogens with zero attached hydrogens (tertiary/aromatic N) is 2. The number of hydrogen-bond donors (Lipinski definition) is 1. The Morgan fingerprint density at radius 3 is 2.72 bits per heavy atom. The molecule has 1 aromatic heterocycles. The van der Waals surface area contributed by atoms with Crippen LogP contribution in [-0.4, -0.2) is 38.1 Å². The zero-order valence-corrected chi connectivity index (χ0v) is 19.3. The van der Waals surface area contributed by atoms with Gasteiger partial charge in [-0.05, 0) is 59.3 Å². The van der Waals surface area contributed by atoms with E-state index in [4.69, 9.17) is 21.1 Å². The maximum atomic E-state index is 13.0. The van der Waals surface area contributed by atoms with E-state index in [2.05, 4.69) is 22.4 Å². The Bertz CT molecular complexity index is 1170. The number of anilines is 1. The molecule has 0 bridgehead atoms. The summed E-state index contributed by atoms with van der Waals surface area (Å²) >= 11 is 7.71. The van der Waals surface area contributed by atoms with E-state index >= 15 is 0 Å². The second kappa shape index (κ2) is 9.61. The normalized spacial score (nSPS) is 15.5. The van der Waals surface area contributed by atoms with Crippen LogP contribution in [0.4, 0.5) is 5.69 Å². The summed E-state index contributed by atoms with van der Waals surface area (Å²) in [5.74, 6) is 1.17. The van der Waals surface area contributed by atoms with Crippen molar-refractivity contribution in [2.24, 2.45) is 0 Å². The predicted octanol–water partition coefficient (Wildman–Crippen LogP) is 4.88. The third-order valence-corrected chi connectivity index (χ3v) is 6.67. The van der Waals surface area contributed by atoms with Crippen LogP contribution in [0.5, 0.6) is 11.5 Å². The van der Waals surface area contributed by atoms with Crippen molar-refractivity contribution in [3.05, 3.63) is 74.4 Å². The molecule has 3 aromatic rings. The molecule has 0 saturated carbocycles. The van der Waals surface area contributed by atoms with Gasteiger partial charge in [-0.1, -0.05) is 17.7 Å². The first kappa shape index (κ1) is 22.2. The fraction of sp³-hybridized carbons (Fsp3) is 0.250. The van der Waals surface area contributed by atoms with Crippen LogP contribution in [0, 0.1) is 11.3 Å². The molecule has 4 rings (SSSR count). The highest BCUT2D eigenvalue weighted by atomic mass is 35.5. The highest BCUT2D eigenvalue weighted by molar-refractivity contribution is 7.10. The number of carbonyl (C=O) groups is 1. The van der Waals surface area contributed by atoms with Gasteiger partial charge in [0.2, 0.25) is 5.91 Å². The highest BCUT2D eigenvalue weighted by Crippen LogP contribution is 2.42. The van der Waals surface area contributed by atoms with Gasteiger partial charge in [-0.3, -0.25) is 9.69 Å². The summed E-state index contributed by atoms with van der Waals surface area (Å²) in [6.45, 7) is 0.882. The average Bonchev–Trinajstić information content (AvgIpc) is 3.32. The van der Waals surface area contributed by atoms with Gasteiger partial charge in [0.05, 0.1) is 38.1 Å². The quantitative estimate of drug-likeness (QED) is 0.559. The second-order valence-electron chi connectivity index (χ2n) is 7.39. The molecule has 6 nitrogen and oxygen atoms in total. The van der Waals surface area contributed by atoms with Gasteiger partial charge in [-0.25, -0.2) is 0 Å². The van der Waals surface area contributed by atoms with Crippen LogP contribution in [0.3, 0.4) is 0 Å². The Morgan fingerprint density at radius 2 is 2.03 bits per heavy atom. The minimum Gasteiger partial charge on any atom is -0.493 e. The molecule has 0 spiro atoms. The van der Waals surface area contributed by atoms with E-state index in [1.54, 1.807) is 43.8 Å². The van der Waals surface area contributed by atoms with E-state index < -0.39 is 0 Å². The number of thiophene rings is 1. The van der Waals surface area contributed by atoms with Crippen molar-refractivity contribution in [2.45, 2.75) is 12.5 Å². The molecule has 0 saturated heterocycles. The Kier molecular flexibility index (Phi) is 6.66. The SMILES string of the molecule is COc1cc2c(cc1OC)[C@@H](c1cccs1)N(CC(=O)Nc1cc(Cl)ccc1C#N)CC2. The Hall–Kier alpha value is -3.05. The lowest BCUT2D eigenvalue weighted by Gasteiger charge is -2.37. The number of methoxy groups -OCH3 is 2. The molecule has 1 atom stereocenters. The molecule has 1 aliphatic heterocycles. The standard InChI is InChI=1S/C24H22ClN3O3S/c1-30-20-10-15-7-8-28(14-23(29)27-19-11-17(25)6-5-16(19)13-26)24(22-4-3-9-32-22)18(15)12-21(20)31-2/h3-6,9-12,24H,7-8,14H2,1-2H3,(H,27,29)/t24-/m0/s1. The number of carbonyl (C=O) groups excluding carboxylic acids is 1. The monoisotopic (exact) mass is 467 g/mol. The first-order chi connectivity index (χ1) is 15.5. The lowest BCUT2D eigenvalue weighted by atomic mass is 9.91. The van der Waals surface area contributed by atoms with Crippen molar-refractivity contribution in [1.82, 2.24) is 4.90 Å². The number of amides is 1. The van der Waals surface area contributed by atoms with Gasteiger partial charge < -0.3 is 14.8 Å². The molecule has 0 unspecified atom stereocenters. The zero-order chi connectivity index (χ0) is 22.7. The largest absolute Gasteiger partial charge is 0.493 e. The van der Waals surface area contributed by atoms with Gasteiger partial charge in [-0.15, -0.1) is 11.3 Å². The van der Waals surface area contributed by atoms with Crippen LogP contribution in [0.1, 0.15) is 27.6 Å². The van der Waals surface area contributed by atoms with Crippen LogP contribution in [-0.2, 0) is 11.2 Å². The Labute approximate surface area is 195 Å². The minimum absolute atomic E-state index is 0.0842. The van der Waals surface area contributed by atoms with E-state index in [1.165, 1.54) is 5.56 Å². The lowest BCUT2D eigenvalue weighted by molar-refractivity contribution is -0.117. The van der Waals surface area contributed by atoms with E-state index in [0.29, 0.717) is 34.3 Å². The van der Waals surface area contributed by atoms with Crippen molar-refractivity contribution in [2.75, 3.05) is 32.6 Å². The molecule has 0 aliphatic carbocycles. The number of hydrogen-bond acceptors (Lipinski definition) is 6. The summed E-state index contributed by atoms with van der Waals surface area (Å²) < 4.78 is 11.0. The maximum Gasteiger partial charge on any atom is 0.238 e. The number of rotatable bonds is 6. The van der Waals surface area contributed by atoms with Crippen LogP contribution >= 0.6 is 22.9 Å². The van der Waals surface area contributed by atoms with E-state index in [9.17, 15) is 10.1 Å². The molecule has 1 aliphatic rings. The number of fused-ring (bicyclic) bond motifs is 1. The lowest BCUT2D eigenvalue weighted by Crippen LogP contribution is -2.41. The van der Waals surface area contributed by atoms with Crippen molar-refractivity contribution in [3.63, 3.8) is 0 Å². The van der Waals surface area contributed by atoms with Crippen molar-refractivity contribution in [3.8, 4) is 17.6 Å². The van der Waals surface area contributed by atoms with E-state index in [1.807, 2.05) is 23.6 Å². The van der Waals surface area contributed by atoms with Crippen LogP contribution in [0.15, 0.2) is 47.8 Å². The first-order valence-electron chi connectivity index (χ1n) is 10.1. The molecule has 32 heavy (non-hydrogen) atoms. The molecular weight excluding hydrogens is 446 g/mol. The molecule has 8 heteroatoms. The molecule has 164 valence electrons. The topological polar surface area (TPSA) is 74.6 Å². The van der Waals surface area contributed by atoms with Crippen LogP contribution in [0.2, 0.25) is 5.02 Å². The smallest absolute Gasteiger partial charge is 0.238 e. The van der Waals surface area contributed by atoms with Gasteiger partial charge in [-0.2, -0.15) is 5.26 Å². The molecule has 1 amide bonds. The molecule has 2 heterocycles. The third kappa shape index (κ3) is 4.44. The maximum absolute atomic E-state index is 13.0. The van der Waals surface area contributed by atoms with Gasteiger partial charge in [0.15, 0.2) is 11.5 Å². The third-order valence-electron chi connectivity index (χ3n) is 5.51. The van der Waals surface area contributed by atoms with Gasteiger partial charge in [0.25, 0.3) is 0 Å². The van der Waals surface area contributed by atoms with Crippen molar-refractivity contribution >= 4 is 34.5 Å². The van der Waals surface area contributed by atoms with Crippen molar-refractivity contribution < 1.29 is 14.3 Å². The minimum atomic E-state index is -0.200. The van der Waals surface area contributed by atoms with Gasteiger partial charge >= 0.3 is 0 Å². The summed E-state index contributed by atoms with van der Waals surface area (Å²) in [7, 11) is 3.25. The van der Waals surface area contributed by atoms with Crippen LogP contribution < -0.4 is 14.8 Å². The summed E-state index contributed by atoms with van der Waals surface area (Å²) in [5.41, 5.74) is 3.07. The van der Waals surface area contributed by atoms with Crippen molar-refractivity contribution in [1.29, 1.82) is 5.26 Å². The highest BCUT2D eigenvalue weighted by Gasteiger charge is 2.32. The number of nitrogens with one attached hydrogen (secondary N) is 1. The summed E-state index contributed by atoms with van der Waals surface area (Å²) in [5, 5.41) is 14.7. The van der Waals surface area contributed by atoms with Crippen LogP contribution in [0.25, 0.3) is 0 Å². The summed E-state index contributed by atoms with van der Waals surface area (Å²) in [4.78, 5) is 16.3. The van der Waals surface area contributed by atoms with E-state index in [0.717, 1.165) is 16.9 Å². The van der Waals surface area contributed by atoms with E-state index in [-0.39, 0.29) is 18.5 Å². The summed E-state index contributed by atoms with van der Waals surface area (Å²) in [6.07, 6.45) is 0.783. The Balaban J connectivity index is 1.64. The second-order valence-corrected chi connectivity index (χ2v) is 8.81. The van der Waals surface area contributed by atoms with Gasteiger partial charge in [0.1, 0.15) is 6.07 Å². The number of halogens is 1. The molecule has 0 fully saturated rings. The average molecular weight is 468 g/mol. The molecule has 0 radical (unpaired) electrons. The number of benzene rings is 2. The molecule has 1 N–H and O–H groups in total. The fourth-order valence-corrected chi connectivity index (χ4v) is 5.09. The fourth-order valence-electron chi connectivity index (χ4n) is 4.04. The summed E-state index contributed by atoms with van der Waals surface area (Å²) in [6, 6.07) is 15.0. The first-order valence-corrected chi connectivity index (χ1v) is 11.3. The molecular formula is C24H22ClN3O3S. The van der Waals surface area contributed by atoms with Gasteiger partial charge in [0, 0.05) is 16.4 Å².